The Morgan fingerprint density at radius 2 is 2.21 bits per heavy atom. The van der Waals surface area contributed by atoms with Crippen molar-refractivity contribution in [2.75, 3.05) is 17.7 Å². The van der Waals surface area contributed by atoms with Gasteiger partial charge in [-0.15, -0.1) is 0 Å². The van der Waals surface area contributed by atoms with Gasteiger partial charge >= 0.3 is 0 Å². The van der Waals surface area contributed by atoms with E-state index in [2.05, 4.69) is 32.1 Å². The molecule has 0 aliphatic heterocycles. The number of amides is 1. The molecule has 2 heterocycles. The summed E-state index contributed by atoms with van der Waals surface area (Å²) in [5.74, 6) is 7.09. The number of anilines is 2. The number of carbonyl (C=O) groups excluding carboxylic acids is 1. The fourth-order valence-corrected chi connectivity index (χ4v) is 1.96. The molecular formula is C17H17N5O2. The molecule has 122 valence electrons. The summed E-state index contributed by atoms with van der Waals surface area (Å²) in [6.07, 6.45) is 5.34. The average Bonchev–Trinajstić information content (AvgIpc) is 3.37. The first kappa shape index (κ1) is 15.7. The number of nitrogens with two attached hydrogens (primary N) is 1. The highest BCUT2D eigenvalue weighted by Crippen LogP contribution is 2.30. The van der Waals surface area contributed by atoms with E-state index in [-0.39, 0.29) is 5.91 Å². The molecule has 0 saturated heterocycles. The molecule has 24 heavy (non-hydrogen) atoms. The molecule has 0 bridgehead atoms. The van der Waals surface area contributed by atoms with Crippen LogP contribution in [0.3, 0.4) is 0 Å². The van der Waals surface area contributed by atoms with Crippen molar-refractivity contribution < 1.29 is 9.53 Å². The van der Waals surface area contributed by atoms with E-state index < -0.39 is 0 Å². The third-order valence-electron chi connectivity index (χ3n) is 3.39. The fourth-order valence-electron chi connectivity index (χ4n) is 1.96. The molecule has 0 aromatic carbocycles. The molecule has 1 amide bonds. The van der Waals surface area contributed by atoms with Crippen molar-refractivity contribution in [2.24, 2.45) is 5.92 Å². The Morgan fingerprint density at radius 1 is 1.38 bits per heavy atom. The predicted molar refractivity (Wildman–Crippen MR) is 89.2 cm³/mol. The van der Waals surface area contributed by atoms with Crippen molar-refractivity contribution in [1.29, 1.82) is 0 Å². The quantitative estimate of drug-likeness (QED) is 0.828. The van der Waals surface area contributed by atoms with E-state index >= 15 is 0 Å². The molecule has 3 N–H and O–H groups in total. The summed E-state index contributed by atoms with van der Waals surface area (Å²) >= 11 is 0. The largest absolute Gasteiger partial charge is 0.476 e. The number of pyridine rings is 1. The summed E-state index contributed by atoms with van der Waals surface area (Å²) < 4.78 is 5.61. The number of nitrogens with zero attached hydrogens (tertiary/aromatic N) is 3. The van der Waals surface area contributed by atoms with Gasteiger partial charge in [-0.25, -0.2) is 9.97 Å². The second-order valence-electron chi connectivity index (χ2n) is 5.56. The Bertz CT molecular complexity index is 821. The third-order valence-corrected chi connectivity index (χ3v) is 3.39. The summed E-state index contributed by atoms with van der Waals surface area (Å²) in [6, 6.07) is 3.41. The molecule has 0 spiro atoms. The molecular weight excluding hydrogens is 306 g/mol. The lowest BCUT2D eigenvalue weighted by Gasteiger charge is -2.07. The number of ether oxygens (including phenoxy) is 1. The van der Waals surface area contributed by atoms with Gasteiger partial charge in [-0.1, -0.05) is 5.92 Å². The molecule has 0 unspecified atom stereocenters. The van der Waals surface area contributed by atoms with Gasteiger partial charge in [0.1, 0.15) is 23.5 Å². The second kappa shape index (κ2) is 6.96. The van der Waals surface area contributed by atoms with Crippen LogP contribution < -0.4 is 15.8 Å². The van der Waals surface area contributed by atoms with Crippen LogP contribution in [0.25, 0.3) is 0 Å². The number of nitrogen functional groups attached to an aromatic ring is 1. The van der Waals surface area contributed by atoms with Crippen LogP contribution in [-0.4, -0.2) is 27.5 Å². The zero-order valence-corrected chi connectivity index (χ0v) is 13.2. The Hall–Kier alpha value is -3.14. The van der Waals surface area contributed by atoms with Crippen molar-refractivity contribution in [2.45, 2.75) is 19.8 Å². The minimum absolute atomic E-state index is 0.190. The summed E-state index contributed by atoms with van der Waals surface area (Å²) in [6.45, 7) is 2.04. The molecule has 2 aromatic rings. The molecule has 1 fully saturated rings. The number of hydrogen-bond donors (Lipinski definition) is 2. The van der Waals surface area contributed by atoms with Gasteiger partial charge in [-0.2, -0.15) is 4.98 Å². The van der Waals surface area contributed by atoms with Crippen LogP contribution in [0.1, 0.15) is 31.0 Å². The van der Waals surface area contributed by atoms with Gasteiger partial charge in [0.25, 0.3) is 0 Å². The SMILES string of the molecule is CC(=O)Nc1cc(C#Cc2ncnc(OCC3CC3)c2N)ccn1. The van der Waals surface area contributed by atoms with Crippen LogP contribution in [0.2, 0.25) is 0 Å². The maximum atomic E-state index is 11.1. The van der Waals surface area contributed by atoms with Gasteiger partial charge in [0.2, 0.25) is 11.8 Å². The first-order chi connectivity index (χ1) is 11.6. The van der Waals surface area contributed by atoms with E-state index in [1.807, 2.05) is 0 Å². The molecule has 2 aromatic heterocycles. The zero-order chi connectivity index (χ0) is 16.9. The highest BCUT2D eigenvalue weighted by Gasteiger charge is 2.22. The Kier molecular flexibility index (Phi) is 4.57. The number of hydrogen-bond acceptors (Lipinski definition) is 6. The fraction of sp³-hybridized carbons (Fsp3) is 0.294. The first-order valence-corrected chi connectivity index (χ1v) is 7.61. The number of nitrogens with one attached hydrogen (secondary N) is 1. The predicted octanol–water partition coefficient (Wildman–Crippen LogP) is 1.60. The Morgan fingerprint density at radius 3 is 2.96 bits per heavy atom. The van der Waals surface area contributed by atoms with Crippen molar-refractivity contribution in [1.82, 2.24) is 15.0 Å². The zero-order valence-electron chi connectivity index (χ0n) is 13.2. The maximum Gasteiger partial charge on any atom is 0.241 e. The van der Waals surface area contributed by atoms with E-state index in [0.717, 1.165) is 0 Å². The average molecular weight is 323 g/mol. The van der Waals surface area contributed by atoms with E-state index in [4.69, 9.17) is 10.5 Å². The topological polar surface area (TPSA) is 103 Å². The molecule has 0 atom stereocenters. The van der Waals surface area contributed by atoms with Gasteiger partial charge in [-0.05, 0) is 36.8 Å². The highest BCUT2D eigenvalue weighted by molar-refractivity contribution is 5.87. The number of aromatic nitrogens is 3. The van der Waals surface area contributed by atoms with E-state index in [9.17, 15) is 4.79 Å². The lowest BCUT2D eigenvalue weighted by Crippen LogP contribution is -2.07. The maximum absolute atomic E-state index is 11.1. The standard InChI is InChI=1S/C17H17N5O2/c1-11(23)22-15-8-12(6-7-19-15)4-5-14-16(18)17(21-10-20-14)24-9-13-2-3-13/h6-8,10,13H,2-3,9,18H2,1H3,(H,19,22,23). The minimum atomic E-state index is -0.190. The van der Waals surface area contributed by atoms with Crippen molar-refractivity contribution in [3.63, 3.8) is 0 Å². The highest BCUT2D eigenvalue weighted by atomic mass is 16.5. The van der Waals surface area contributed by atoms with Crippen LogP contribution in [0.4, 0.5) is 11.5 Å². The van der Waals surface area contributed by atoms with E-state index in [0.29, 0.717) is 41.2 Å². The molecule has 7 heteroatoms. The van der Waals surface area contributed by atoms with Gasteiger partial charge in [0.15, 0.2) is 0 Å². The molecule has 0 radical (unpaired) electrons. The third kappa shape index (κ3) is 4.20. The Labute approximate surface area is 139 Å². The van der Waals surface area contributed by atoms with Crippen LogP contribution in [0.5, 0.6) is 5.88 Å². The smallest absolute Gasteiger partial charge is 0.241 e. The van der Waals surface area contributed by atoms with Crippen molar-refractivity contribution >= 4 is 17.4 Å². The number of carbonyl (C=O) groups is 1. The van der Waals surface area contributed by atoms with E-state index in [1.54, 1.807) is 18.3 Å². The van der Waals surface area contributed by atoms with Crippen molar-refractivity contribution in [3.8, 4) is 17.7 Å². The van der Waals surface area contributed by atoms with Crippen LogP contribution in [0, 0.1) is 17.8 Å². The monoisotopic (exact) mass is 323 g/mol. The van der Waals surface area contributed by atoms with E-state index in [1.165, 1.54) is 26.1 Å². The molecule has 1 saturated carbocycles. The van der Waals surface area contributed by atoms with Gasteiger partial charge in [0, 0.05) is 18.7 Å². The lowest BCUT2D eigenvalue weighted by molar-refractivity contribution is -0.114. The van der Waals surface area contributed by atoms with Gasteiger partial charge < -0.3 is 15.8 Å². The summed E-state index contributed by atoms with van der Waals surface area (Å²) in [7, 11) is 0. The Balaban J connectivity index is 1.77. The molecule has 1 aliphatic rings. The van der Waals surface area contributed by atoms with Gasteiger partial charge in [-0.3, -0.25) is 4.79 Å². The molecule has 1 aliphatic carbocycles. The van der Waals surface area contributed by atoms with Crippen LogP contribution >= 0.6 is 0 Å². The summed E-state index contributed by atoms with van der Waals surface area (Å²) in [4.78, 5) is 23.3. The minimum Gasteiger partial charge on any atom is -0.476 e. The normalized spacial score (nSPS) is 12.9. The lowest BCUT2D eigenvalue weighted by atomic mass is 10.2. The number of rotatable bonds is 4. The molecule has 3 rings (SSSR count). The summed E-state index contributed by atoms with van der Waals surface area (Å²) in [5, 5.41) is 2.61. The molecule has 7 nitrogen and oxygen atoms in total. The van der Waals surface area contributed by atoms with Gasteiger partial charge in [0.05, 0.1) is 6.61 Å². The van der Waals surface area contributed by atoms with Crippen LogP contribution in [0.15, 0.2) is 24.7 Å². The second-order valence-corrected chi connectivity index (χ2v) is 5.56. The summed E-state index contributed by atoms with van der Waals surface area (Å²) in [5.41, 5.74) is 7.46. The van der Waals surface area contributed by atoms with Crippen LogP contribution in [-0.2, 0) is 4.79 Å². The van der Waals surface area contributed by atoms with Crippen molar-refractivity contribution in [3.05, 3.63) is 35.9 Å². The first-order valence-electron chi connectivity index (χ1n) is 7.61.